The zero-order valence-corrected chi connectivity index (χ0v) is 17.0. The van der Waals surface area contributed by atoms with E-state index < -0.39 is 6.10 Å². The summed E-state index contributed by atoms with van der Waals surface area (Å²) in [5.74, 6) is 2.09. The van der Waals surface area contributed by atoms with Gasteiger partial charge < -0.3 is 19.5 Å². The standard InChI is InChI=1S/C23H29NO4/c1-5-23(6-2)15-20(19-9-7-8-10-21(19)28-23)24-22(25)16(3)27-18-13-11-17(26-4)12-14-18/h7-14,16,20H,5-6,15H2,1-4H3,(H,24,25). The van der Waals surface area contributed by atoms with Gasteiger partial charge in [0, 0.05) is 12.0 Å². The average Bonchev–Trinajstić information content (AvgIpc) is 2.74. The molecule has 0 bridgehead atoms. The molecule has 28 heavy (non-hydrogen) atoms. The molecule has 1 N–H and O–H groups in total. The molecule has 1 amide bonds. The van der Waals surface area contributed by atoms with E-state index in [0.29, 0.717) is 5.75 Å². The molecule has 1 aliphatic heterocycles. The molecule has 0 radical (unpaired) electrons. The molecule has 3 rings (SSSR count). The predicted octanol–water partition coefficient (Wildman–Crippen LogP) is 4.66. The number of carbonyl (C=O) groups is 1. The second-order valence-electron chi connectivity index (χ2n) is 7.23. The molecule has 1 aliphatic rings. The van der Waals surface area contributed by atoms with E-state index in [1.54, 1.807) is 26.2 Å². The Kier molecular flexibility index (Phi) is 6.12. The fraction of sp³-hybridized carbons (Fsp3) is 0.435. The van der Waals surface area contributed by atoms with E-state index in [1.165, 1.54) is 0 Å². The van der Waals surface area contributed by atoms with Crippen LogP contribution in [0.5, 0.6) is 17.2 Å². The van der Waals surface area contributed by atoms with E-state index >= 15 is 0 Å². The Morgan fingerprint density at radius 3 is 2.43 bits per heavy atom. The average molecular weight is 383 g/mol. The van der Waals surface area contributed by atoms with Crippen molar-refractivity contribution in [3.63, 3.8) is 0 Å². The van der Waals surface area contributed by atoms with Gasteiger partial charge in [-0.2, -0.15) is 0 Å². The minimum atomic E-state index is -0.610. The molecule has 2 aromatic carbocycles. The van der Waals surface area contributed by atoms with Crippen LogP contribution in [-0.2, 0) is 4.79 Å². The van der Waals surface area contributed by atoms with Gasteiger partial charge in [0.1, 0.15) is 22.8 Å². The molecule has 2 atom stereocenters. The molecular formula is C23H29NO4. The summed E-state index contributed by atoms with van der Waals surface area (Å²) in [6, 6.07) is 15.1. The Bertz CT molecular complexity index is 799. The van der Waals surface area contributed by atoms with Crippen LogP contribution in [0, 0.1) is 0 Å². The van der Waals surface area contributed by atoms with E-state index in [4.69, 9.17) is 14.2 Å². The lowest BCUT2D eigenvalue weighted by molar-refractivity contribution is -0.128. The molecule has 0 saturated carbocycles. The van der Waals surface area contributed by atoms with E-state index in [2.05, 4.69) is 19.2 Å². The second kappa shape index (κ2) is 8.55. The van der Waals surface area contributed by atoms with Gasteiger partial charge in [-0.3, -0.25) is 4.79 Å². The van der Waals surface area contributed by atoms with Gasteiger partial charge >= 0.3 is 0 Å². The lowest BCUT2D eigenvalue weighted by atomic mass is 9.83. The number of benzene rings is 2. The predicted molar refractivity (Wildman–Crippen MR) is 109 cm³/mol. The third-order valence-corrected chi connectivity index (χ3v) is 5.54. The second-order valence-corrected chi connectivity index (χ2v) is 7.23. The highest BCUT2D eigenvalue weighted by Crippen LogP contribution is 2.42. The normalized spacial score (nSPS) is 18.4. The van der Waals surface area contributed by atoms with Gasteiger partial charge in [0.2, 0.25) is 0 Å². The Hall–Kier alpha value is -2.69. The SMILES string of the molecule is CCC1(CC)CC(NC(=O)C(C)Oc2ccc(OC)cc2)c2ccccc2O1. The van der Waals surface area contributed by atoms with Crippen molar-refractivity contribution < 1.29 is 19.0 Å². The molecule has 2 aromatic rings. The van der Waals surface area contributed by atoms with Crippen LogP contribution in [0.2, 0.25) is 0 Å². The summed E-state index contributed by atoms with van der Waals surface area (Å²) in [6.45, 7) is 6.02. The van der Waals surface area contributed by atoms with E-state index in [9.17, 15) is 4.79 Å². The van der Waals surface area contributed by atoms with Crippen molar-refractivity contribution in [1.82, 2.24) is 5.32 Å². The third kappa shape index (κ3) is 4.24. The molecule has 0 fully saturated rings. The lowest BCUT2D eigenvalue weighted by Crippen LogP contribution is -2.46. The first-order valence-corrected chi connectivity index (χ1v) is 9.89. The summed E-state index contributed by atoms with van der Waals surface area (Å²) in [5, 5.41) is 3.17. The number of rotatable bonds is 7. The number of hydrogen-bond donors (Lipinski definition) is 1. The van der Waals surface area contributed by atoms with E-state index in [1.807, 2.05) is 36.4 Å². The largest absolute Gasteiger partial charge is 0.497 e. The number of methoxy groups -OCH3 is 1. The molecule has 0 saturated heterocycles. The zero-order chi connectivity index (χ0) is 20.1. The minimum absolute atomic E-state index is 0.0979. The van der Waals surface area contributed by atoms with Crippen LogP contribution >= 0.6 is 0 Å². The summed E-state index contributed by atoms with van der Waals surface area (Å²) in [6.07, 6.45) is 1.92. The van der Waals surface area contributed by atoms with Crippen LogP contribution in [0.15, 0.2) is 48.5 Å². The van der Waals surface area contributed by atoms with Crippen molar-refractivity contribution in [3.8, 4) is 17.2 Å². The molecule has 0 aliphatic carbocycles. The van der Waals surface area contributed by atoms with E-state index in [-0.39, 0.29) is 17.6 Å². The number of ether oxygens (including phenoxy) is 3. The number of nitrogens with one attached hydrogen (secondary N) is 1. The van der Waals surface area contributed by atoms with Crippen molar-refractivity contribution >= 4 is 5.91 Å². The molecule has 5 heteroatoms. The van der Waals surface area contributed by atoms with Crippen molar-refractivity contribution in [3.05, 3.63) is 54.1 Å². The van der Waals surface area contributed by atoms with E-state index in [0.717, 1.165) is 36.3 Å². The summed E-state index contributed by atoms with van der Waals surface area (Å²) in [7, 11) is 1.62. The summed E-state index contributed by atoms with van der Waals surface area (Å²) < 4.78 is 17.3. The Labute approximate surface area is 167 Å². The van der Waals surface area contributed by atoms with Crippen LogP contribution in [0.1, 0.15) is 51.6 Å². The molecule has 0 aromatic heterocycles. The maximum atomic E-state index is 12.8. The summed E-state index contributed by atoms with van der Waals surface area (Å²) >= 11 is 0. The fourth-order valence-electron chi connectivity index (χ4n) is 3.63. The van der Waals surface area contributed by atoms with Crippen LogP contribution in [0.3, 0.4) is 0 Å². The molecule has 2 unspecified atom stereocenters. The lowest BCUT2D eigenvalue weighted by Gasteiger charge is -2.41. The maximum absolute atomic E-state index is 12.8. The van der Waals surface area contributed by atoms with Gasteiger partial charge in [0.15, 0.2) is 6.10 Å². The highest BCUT2D eigenvalue weighted by Gasteiger charge is 2.39. The molecule has 5 nitrogen and oxygen atoms in total. The number of hydrogen-bond acceptors (Lipinski definition) is 4. The highest BCUT2D eigenvalue weighted by molar-refractivity contribution is 5.81. The van der Waals surface area contributed by atoms with Crippen molar-refractivity contribution in [2.24, 2.45) is 0 Å². The first kappa shape index (κ1) is 20.1. The monoisotopic (exact) mass is 383 g/mol. The third-order valence-electron chi connectivity index (χ3n) is 5.54. The zero-order valence-electron chi connectivity index (χ0n) is 17.0. The van der Waals surface area contributed by atoms with Gasteiger partial charge in [0.05, 0.1) is 13.2 Å². The summed E-state index contributed by atoms with van der Waals surface area (Å²) in [4.78, 5) is 12.8. The van der Waals surface area contributed by atoms with Crippen LogP contribution in [0.4, 0.5) is 0 Å². The number of carbonyl (C=O) groups excluding carboxylic acids is 1. The number of fused-ring (bicyclic) bond motifs is 1. The highest BCUT2D eigenvalue weighted by atomic mass is 16.5. The quantitative estimate of drug-likeness (QED) is 0.755. The molecule has 0 spiro atoms. The Balaban J connectivity index is 1.72. The topological polar surface area (TPSA) is 56.8 Å². The first-order chi connectivity index (χ1) is 13.5. The van der Waals surface area contributed by atoms with Gasteiger partial charge in [-0.15, -0.1) is 0 Å². The fourth-order valence-corrected chi connectivity index (χ4v) is 3.63. The Morgan fingerprint density at radius 2 is 1.79 bits per heavy atom. The Morgan fingerprint density at radius 1 is 1.14 bits per heavy atom. The van der Waals surface area contributed by atoms with Crippen molar-refractivity contribution in [2.45, 2.75) is 57.8 Å². The van der Waals surface area contributed by atoms with Crippen molar-refractivity contribution in [1.29, 1.82) is 0 Å². The van der Waals surface area contributed by atoms with Gasteiger partial charge in [0.25, 0.3) is 5.91 Å². The number of amides is 1. The van der Waals surface area contributed by atoms with Gasteiger partial charge in [-0.1, -0.05) is 32.0 Å². The van der Waals surface area contributed by atoms with Crippen molar-refractivity contribution in [2.75, 3.05) is 7.11 Å². The van der Waals surface area contributed by atoms with Crippen LogP contribution in [0.25, 0.3) is 0 Å². The summed E-state index contributed by atoms with van der Waals surface area (Å²) in [5.41, 5.74) is 0.761. The van der Waals surface area contributed by atoms with Crippen LogP contribution < -0.4 is 19.5 Å². The smallest absolute Gasteiger partial charge is 0.261 e. The minimum Gasteiger partial charge on any atom is -0.497 e. The number of para-hydroxylation sites is 1. The van der Waals surface area contributed by atoms with Crippen LogP contribution in [-0.4, -0.2) is 24.7 Å². The van der Waals surface area contributed by atoms with Gasteiger partial charge in [-0.05, 0) is 50.1 Å². The molecule has 1 heterocycles. The molecule has 150 valence electrons. The molecular weight excluding hydrogens is 354 g/mol. The van der Waals surface area contributed by atoms with Gasteiger partial charge in [-0.25, -0.2) is 0 Å². The first-order valence-electron chi connectivity index (χ1n) is 9.89. The maximum Gasteiger partial charge on any atom is 0.261 e.